The second-order valence-corrected chi connectivity index (χ2v) is 5.86. The standard InChI is InChI=1S/C18H16N2O3S/c1-22-15-4-2-3-5-16(15)23-11-13-10-17(24-12-13)18(21)20-14-6-8-19-9-7-14/h2-10,12H,11H2,1H3,(H,19,20,21). The minimum absolute atomic E-state index is 0.144. The number of rotatable bonds is 6. The van der Waals surface area contributed by atoms with Gasteiger partial charge in [-0.1, -0.05) is 12.1 Å². The highest BCUT2D eigenvalue weighted by Gasteiger charge is 2.10. The Morgan fingerprint density at radius 2 is 1.92 bits per heavy atom. The highest BCUT2D eigenvalue weighted by Crippen LogP contribution is 2.27. The molecule has 0 atom stereocenters. The molecule has 3 rings (SSSR count). The first-order chi connectivity index (χ1) is 11.8. The molecule has 0 aliphatic rings. The SMILES string of the molecule is COc1ccccc1OCc1csc(C(=O)Nc2ccncc2)c1. The molecule has 0 aliphatic heterocycles. The fraction of sp³-hybridized carbons (Fsp3) is 0.111. The highest BCUT2D eigenvalue weighted by molar-refractivity contribution is 7.12. The molecule has 1 aromatic carbocycles. The van der Waals surface area contributed by atoms with Gasteiger partial charge in [-0.05, 0) is 35.7 Å². The van der Waals surface area contributed by atoms with E-state index < -0.39 is 0 Å². The van der Waals surface area contributed by atoms with Crippen molar-refractivity contribution < 1.29 is 14.3 Å². The average Bonchev–Trinajstić information content (AvgIpc) is 3.10. The van der Waals surface area contributed by atoms with E-state index in [-0.39, 0.29) is 5.91 Å². The predicted molar refractivity (Wildman–Crippen MR) is 93.8 cm³/mol. The fourth-order valence-corrected chi connectivity index (χ4v) is 2.89. The minimum Gasteiger partial charge on any atom is -0.493 e. The number of carbonyl (C=O) groups is 1. The van der Waals surface area contributed by atoms with Crippen molar-refractivity contribution >= 4 is 22.9 Å². The van der Waals surface area contributed by atoms with Gasteiger partial charge in [-0.2, -0.15) is 0 Å². The molecule has 0 bridgehead atoms. The molecule has 0 spiro atoms. The van der Waals surface area contributed by atoms with Gasteiger partial charge in [0.1, 0.15) is 6.61 Å². The summed E-state index contributed by atoms with van der Waals surface area (Å²) in [5, 5.41) is 4.75. The lowest BCUT2D eigenvalue weighted by Gasteiger charge is -2.09. The van der Waals surface area contributed by atoms with Crippen LogP contribution in [0.3, 0.4) is 0 Å². The third kappa shape index (κ3) is 3.91. The van der Waals surface area contributed by atoms with Crippen LogP contribution in [0.4, 0.5) is 5.69 Å². The first kappa shape index (κ1) is 16.0. The summed E-state index contributed by atoms with van der Waals surface area (Å²) in [5.41, 5.74) is 1.65. The van der Waals surface area contributed by atoms with E-state index in [0.717, 1.165) is 11.3 Å². The molecule has 0 unspecified atom stereocenters. The molecule has 0 saturated carbocycles. The van der Waals surface area contributed by atoms with Crippen molar-refractivity contribution in [3.63, 3.8) is 0 Å². The number of hydrogen-bond acceptors (Lipinski definition) is 5. The van der Waals surface area contributed by atoms with Crippen molar-refractivity contribution in [2.45, 2.75) is 6.61 Å². The van der Waals surface area contributed by atoms with Gasteiger partial charge in [0, 0.05) is 23.6 Å². The zero-order valence-corrected chi connectivity index (χ0v) is 13.9. The van der Waals surface area contributed by atoms with Gasteiger partial charge in [0.25, 0.3) is 5.91 Å². The van der Waals surface area contributed by atoms with Gasteiger partial charge in [0.15, 0.2) is 11.5 Å². The van der Waals surface area contributed by atoms with Crippen LogP contribution in [-0.4, -0.2) is 18.0 Å². The third-order valence-corrected chi connectivity index (χ3v) is 4.26. The van der Waals surface area contributed by atoms with Gasteiger partial charge in [-0.15, -0.1) is 11.3 Å². The lowest BCUT2D eigenvalue weighted by atomic mass is 10.3. The van der Waals surface area contributed by atoms with Gasteiger partial charge < -0.3 is 14.8 Å². The summed E-state index contributed by atoms with van der Waals surface area (Å²) in [6.07, 6.45) is 3.27. The van der Waals surface area contributed by atoms with E-state index in [1.165, 1.54) is 11.3 Å². The molecule has 3 aromatic rings. The number of aromatic nitrogens is 1. The van der Waals surface area contributed by atoms with Crippen molar-refractivity contribution in [3.8, 4) is 11.5 Å². The molecule has 1 amide bonds. The zero-order valence-electron chi connectivity index (χ0n) is 13.1. The number of nitrogens with zero attached hydrogens (tertiary/aromatic N) is 1. The Bertz CT molecular complexity index is 818. The maximum atomic E-state index is 12.2. The first-order valence-corrected chi connectivity index (χ1v) is 8.19. The largest absolute Gasteiger partial charge is 0.493 e. The van der Waals surface area contributed by atoms with Crippen molar-refractivity contribution in [1.82, 2.24) is 4.98 Å². The normalized spacial score (nSPS) is 10.2. The summed E-state index contributed by atoms with van der Waals surface area (Å²) >= 11 is 1.38. The summed E-state index contributed by atoms with van der Waals surface area (Å²) in [6, 6.07) is 12.8. The molecule has 5 nitrogen and oxygen atoms in total. The van der Waals surface area contributed by atoms with Crippen LogP contribution < -0.4 is 14.8 Å². The molecule has 0 fully saturated rings. The number of para-hydroxylation sites is 2. The maximum absolute atomic E-state index is 12.2. The second kappa shape index (κ2) is 7.61. The Balaban J connectivity index is 1.62. The smallest absolute Gasteiger partial charge is 0.265 e. The van der Waals surface area contributed by atoms with E-state index in [1.807, 2.05) is 35.7 Å². The van der Waals surface area contributed by atoms with E-state index in [1.54, 1.807) is 31.6 Å². The molecule has 0 radical (unpaired) electrons. The fourth-order valence-electron chi connectivity index (χ4n) is 2.10. The number of carbonyl (C=O) groups excluding carboxylic acids is 1. The molecule has 0 saturated heterocycles. The lowest BCUT2D eigenvalue weighted by molar-refractivity contribution is 0.103. The Morgan fingerprint density at radius 1 is 1.17 bits per heavy atom. The van der Waals surface area contributed by atoms with Gasteiger partial charge >= 0.3 is 0 Å². The average molecular weight is 340 g/mol. The van der Waals surface area contributed by atoms with Crippen LogP contribution in [0.25, 0.3) is 0 Å². The number of pyridine rings is 1. The lowest BCUT2D eigenvalue weighted by Crippen LogP contribution is -2.10. The number of anilines is 1. The molecule has 1 N–H and O–H groups in total. The summed E-state index contributed by atoms with van der Waals surface area (Å²) in [5.74, 6) is 1.21. The van der Waals surface area contributed by atoms with Crippen LogP contribution in [0.2, 0.25) is 0 Å². The molecule has 24 heavy (non-hydrogen) atoms. The summed E-state index contributed by atoms with van der Waals surface area (Å²) in [4.78, 5) is 16.8. The van der Waals surface area contributed by atoms with E-state index in [0.29, 0.717) is 23.0 Å². The van der Waals surface area contributed by atoms with Crippen LogP contribution in [0.15, 0.2) is 60.2 Å². The number of nitrogens with one attached hydrogen (secondary N) is 1. The van der Waals surface area contributed by atoms with E-state index in [2.05, 4.69) is 10.3 Å². The molecule has 2 aromatic heterocycles. The Morgan fingerprint density at radius 3 is 2.67 bits per heavy atom. The van der Waals surface area contributed by atoms with Gasteiger partial charge in [0.2, 0.25) is 0 Å². The van der Waals surface area contributed by atoms with Crippen LogP contribution in [0.1, 0.15) is 15.2 Å². The number of benzene rings is 1. The van der Waals surface area contributed by atoms with Gasteiger partial charge in [0.05, 0.1) is 12.0 Å². The van der Waals surface area contributed by atoms with E-state index in [4.69, 9.17) is 9.47 Å². The molecular formula is C18H16N2O3S. The number of amides is 1. The van der Waals surface area contributed by atoms with Gasteiger partial charge in [-0.25, -0.2) is 0 Å². The van der Waals surface area contributed by atoms with E-state index >= 15 is 0 Å². The topological polar surface area (TPSA) is 60.5 Å². The van der Waals surface area contributed by atoms with Crippen LogP contribution in [0, 0.1) is 0 Å². The monoisotopic (exact) mass is 340 g/mol. The zero-order chi connectivity index (χ0) is 16.8. The number of thiophene rings is 1. The summed E-state index contributed by atoms with van der Waals surface area (Å²) < 4.78 is 11.0. The van der Waals surface area contributed by atoms with Crippen molar-refractivity contribution in [2.75, 3.05) is 12.4 Å². The third-order valence-electron chi connectivity index (χ3n) is 3.28. The van der Waals surface area contributed by atoms with Crippen LogP contribution >= 0.6 is 11.3 Å². The Kier molecular flexibility index (Phi) is 5.08. The number of methoxy groups -OCH3 is 1. The molecule has 2 heterocycles. The van der Waals surface area contributed by atoms with Crippen molar-refractivity contribution in [1.29, 1.82) is 0 Å². The quantitative estimate of drug-likeness (QED) is 0.737. The van der Waals surface area contributed by atoms with Crippen LogP contribution in [-0.2, 0) is 6.61 Å². The number of hydrogen-bond donors (Lipinski definition) is 1. The summed E-state index contributed by atoms with van der Waals surface area (Å²) in [7, 11) is 1.61. The van der Waals surface area contributed by atoms with Crippen molar-refractivity contribution in [2.24, 2.45) is 0 Å². The molecular weight excluding hydrogens is 324 g/mol. The predicted octanol–water partition coefficient (Wildman–Crippen LogP) is 3.98. The van der Waals surface area contributed by atoms with Crippen molar-refractivity contribution in [3.05, 3.63) is 70.7 Å². The first-order valence-electron chi connectivity index (χ1n) is 7.31. The molecule has 0 aliphatic carbocycles. The van der Waals surface area contributed by atoms with Gasteiger partial charge in [-0.3, -0.25) is 9.78 Å². The van der Waals surface area contributed by atoms with Crippen LogP contribution in [0.5, 0.6) is 11.5 Å². The highest BCUT2D eigenvalue weighted by atomic mass is 32.1. The minimum atomic E-state index is -0.144. The summed E-state index contributed by atoms with van der Waals surface area (Å²) in [6.45, 7) is 0.374. The maximum Gasteiger partial charge on any atom is 0.265 e. The Hall–Kier alpha value is -2.86. The van der Waals surface area contributed by atoms with E-state index in [9.17, 15) is 4.79 Å². The Labute approximate surface area is 143 Å². The number of ether oxygens (including phenoxy) is 2. The molecule has 122 valence electrons. The molecule has 6 heteroatoms. The second-order valence-electron chi connectivity index (χ2n) is 4.95.